The number of carbonyl (C=O) groups excluding carboxylic acids is 1. The monoisotopic (exact) mass is 212 g/mol. The fourth-order valence-electron chi connectivity index (χ4n) is 1.18. The number of aromatic nitrogens is 2. The fraction of sp³-hybridized carbons (Fsp3) is 0.0833. The molecule has 78 valence electrons. The molecule has 1 aromatic carbocycles. The zero-order valence-electron chi connectivity index (χ0n) is 8.60. The van der Waals surface area contributed by atoms with Gasteiger partial charge in [-0.15, -0.1) is 0 Å². The molecular formula is C12H8N2O2. The first-order valence-corrected chi connectivity index (χ1v) is 4.61. The quantitative estimate of drug-likeness (QED) is 0.485. The van der Waals surface area contributed by atoms with Gasteiger partial charge in [-0.05, 0) is 18.1 Å². The van der Waals surface area contributed by atoms with E-state index in [9.17, 15) is 4.79 Å². The number of methoxy groups -OCH3 is 1. The van der Waals surface area contributed by atoms with Crippen LogP contribution in [-0.4, -0.2) is 23.0 Å². The number of rotatable bonds is 0. The highest BCUT2D eigenvalue weighted by molar-refractivity contribution is 5.89. The van der Waals surface area contributed by atoms with Crippen molar-refractivity contribution < 1.29 is 9.53 Å². The maximum absolute atomic E-state index is 10.8. The second kappa shape index (κ2) is 4.41. The van der Waals surface area contributed by atoms with Crippen LogP contribution in [0.15, 0.2) is 30.5 Å². The van der Waals surface area contributed by atoms with E-state index in [-0.39, 0.29) is 0 Å². The van der Waals surface area contributed by atoms with Gasteiger partial charge in [-0.25, -0.2) is 9.78 Å². The molecule has 16 heavy (non-hydrogen) atoms. The van der Waals surface area contributed by atoms with Crippen molar-refractivity contribution in [2.75, 3.05) is 7.11 Å². The van der Waals surface area contributed by atoms with E-state index in [0.717, 1.165) is 11.0 Å². The van der Waals surface area contributed by atoms with Crippen molar-refractivity contribution in [1.29, 1.82) is 0 Å². The number of carbonyl (C=O) groups is 1. The van der Waals surface area contributed by atoms with E-state index in [1.807, 2.05) is 24.3 Å². The molecule has 0 saturated carbocycles. The minimum Gasteiger partial charge on any atom is -0.459 e. The molecule has 0 bridgehead atoms. The minimum absolute atomic E-state index is 0.448. The van der Waals surface area contributed by atoms with Crippen molar-refractivity contribution in [1.82, 2.24) is 9.97 Å². The Morgan fingerprint density at radius 2 is 2.06 bits per heavy atom. The van der Waals surface area contributed by atoms with Gasteiger partial charge < -0.3 is 4.74 Å². The number of nitrogens with zero attached hydrogens (tertiary/aromatic N) is 2. The second-order valence-electron chi connectivity index (χ2n) is 2.99. The Balaban J connectivity index is 2.39. The van der Waals surface area contributed by atoms with Gasteiger partial charge in [0.25, 0.3) is 0 Å². The smallest absolute Gasteiger partial charge is 0.384 e. The van der Waals surface area contributed by atoms with Crippen LogP contribution in [0.1, 0.15) is 5.69 Å². The Morgan fingerprint density at radius 1 is 1.31 bits per heavy atom. The molecule has 4 heteroatoms. The fourth-order valence-corrected chi connectivity index (χ4v) is 1.18. The summed E-state index contributed by atoms with van der Waals surface area (Å²) in [6.45, 7) is 0. The van der Waals surface area contributed by atoms with Gasteiger partial charge in [0, 0.05) is 5.92 Å². The highest BCUT2D eigenvalue weighted by Gasteiger charge is 1.96. The molecule has 0 aliphatic heterocycles. The van der Waals surface area contributed by atoms with E-state index in [0.29, 0.717) is 5.69 Å². The summed E-state index contributed by atoms with van der Waals surface area (Å²) in [6, 6.07) is 7.46. The van der Waals surface area contributed by atoms with Crippen LogP contribution in [0.3, 0.4) is 0 Å². The van der Waals surface area contributed by atoms with Crippen LogP contribution in [0.4, 0.5) is 0 Å². The molecule has 2 aromatic rings. The highest BCUT2D eigenvalue weighted by atomic mass is 16.5. The van der Waals surface area contributed by atoms with Crippen molar-refractivity contribution in [3.8, 4) is 11.8 Å². The molecule has 0 fully saturated rings. The van der Waals surface area contributed by atoms with Crippen molar-refractivity contribution in [2.24, 2.45) is 0 Å². The number of ether oxygens (including phenoxy) is 1. The molecule has 1 aromatic heterocycles. The lowest BCUT2D eigenvalue weighted by atomic mass is 10.3. The molecule has 0 unspecified atom stereocenters. The number of esters is 1. The van der Waals surface area contributed by atoms with Gasteiger partial charge >= 0.3 is 5.97 Å². The third-order valence-corrected chi connectivity index (χ3v) is 1.93. The van der Waals surface area contributed by atoms with E-state index in [4.69, 9.17) is 0 Å². The lowest BCUT2D eigenvalue weighted by Crippen LogP contribution is -1.95. The summed E-state index contributed by atoms with van der Waals surface area (Å²) in [5.74, 6) is 4.30. The molecule has 0 amide bonds. The lowest BCUT2D eigenvalue weighted by molar-refractivity contribution is -0.133. The van der Waals surface area contributed by atoms with Gasteiger partial charge in [-0.1, -0.05) is 12.1 Å². The molecule has 0 aliphatic rings. The molecule has 1 heterocycles. The summed E-state index contributed by atoms with van der Waals surface area (Å²) in [4.78, 5) is 19.2. The van der Waals surface area contributed by atoms with E-state index < -0.39 is 5.97 Å². The summed E-state index contributed by atoms with van der Waals surface area (Å²) < 4.78 is 4.40. The molecule has 0 saturated heterocycles. The van der Waals surface area contributed by atoms with Gasteiger partial charge in [0.05, 0.1) is 24.3 Å². The highest BCUT2D eigenvalue weighted by Crippen LogP contribution is 2.07. The first-order valence-electron chi connectivity index (χ1n) is 4.61. The number of hydrogen-bond acceptors (Lipinski definition) is 4. The number of para-hydroxylation sites is 2. The normalized spacial score (nSPS) is 9.31. The van der Waals surface area contributed by atoms with Gasteiger partial charge in [-0.2, -0.15) is 0 Å². The van der Waals surface area contributed by atoms with E-state index in [2.05, 4.69) is 26.5 Å². The second-order valence-corrected chi connectivity index (χ2v) is 2.99. The van der Waals surface area contributed by atoms with Crippen molar-refractivity contribution in [2.45, 2.75) is 0 Å². The zero-order valence-corrected chi connectivity index (χ0v) is 8.60. The first-order chi connectivity index (χ1) is 7.79. The Bertz CT molecular complexity index is 596. The Kier molecular flexibility index (Phi) is 2.79. The van der Waals surface area contributed by atoms with Crippen LogP contribution in [0.25, 0.3) is 11.0 Å². The minimum atomic E-state index is -0.588. The average molecular weight is 212 g/mol. The van der Waals surface area contributed by atoms with Crippen LogP contribution in [0.2, 0.25) is 0 Å². The molecule has 0 aliphatic carbocycles. The van der Waals surface area contributed by atoms with Gasteiger partial charge in [0.1, 0.15) is 5.69 Å². The third kappa shape index (κ3) is 2.15. The molecule has 4 nitrogen and oxygen atoms in total. The third-order valence-electron chi connectivity index (χ3n) is 1.93. The average Bonchev–Trinajstić information content (AvgIpc) is 2.35. The summed E-state index contributed by atoms with van der Waals surface area (Å²) >= 11 is 0. The summed E-state index contributed by atoms with van der Waals surface area (Å²) in [7, 11) is 1.28. The number of hydrogen-bond donors (Lipinski definition) is 0. The molecular weight excluding hydrogens is 204 g/mol. The first kappa shape index (κ1) is 10.1. The molecule has 0 radical (unpaired) electrons. The molecule has 2 rings (SSSR count). The summed E-state index contributed by atoms with van der Waals surface area (Å²) in [6.07, 6.45) is 1.53. The maximum atomic E-state index is 10.8. The predicted molar refractivity (Wildman–Crippen MR) is 58.4 cm³/mol. The predicted octanol–water partition coefficient (Wildman–Crippen LogP) is 1.15. The van der Waals surface area contributed by atoms with Crippen molar-refractivity contribution >= 4 is 17.0 Å². The van der Waals surface area contributed by atoms with Crippen LogP contribution in [0.5, 0.6) is 0 Å². The van der Waals surface area contributed by atoms with Crippen LogP contribution < -0.4 is 0 Å². The maximum Gasteiger partial charge on any atom is 0.384 e. The zero-order chi connectivity index (χ0) is 11.4. The van der Waals surface area contributed by atoms with E-state index >= 15 is 0 Å². The molecule has 0 atom stereocenters. The standard InChI is InChI=1S/C12H8N2O2/c1-16-12(15)7-6-9-8-13-10-4-2-3-5-11(10)14-9/h2-5,8H,1H3. The molecule has 0 spiro atoms. The Labute approximate surface area is 92.3 Å². The van der Waals surface area contributed by atoms with Crippen LogP contribution in [0, 0.1) is 11.8 Å². The number of fused-ring (bicyclic) bond motifs is 1. The van der Waals surface area contributed by atoms with Crippen molar-refractivity contribution in [3.05, 3.63) is 36.2 Å². The SMILES string of the molecule is COC(=O)C#Cc1cnc2ccccc2n1. The summed E-state index contributed by atoms with van der Waals surface area (Å²) in [5.41, 5.74) is 1.99. The van der Waals surface area contributed by atoms with E-state index in [1.54, 1.807) is 0 Å². The number of benzene rings is 1. The Hall–Kier alpha value is -2.41. The van der Waals surface area contributed by atoms with Crippen LogP contribution in [-0.2, 0) is 9.53 Å². The van der Waals surface area contributed by atoms with E-state index in [1.165, 1.54) is 13.3 Å². The van der Waals surface area contributed by atoms with Crippen LogP contribution >= 0.6 is 0 Å². The molecule has 0 N–H and O–H groups in total. The summed E-state index contributed by atoms with van der Waals surface area (Å²) in [5, 5.41) is 0. The van der Waals surface area contributed by atoms with Crippen molar-refractivity contribution in [3.63, 3.8) is 0 Å². The largest absolute Gasteiger partial charge is 0.459 e. The lowest BCUT2D eigenvalue weighted by Gasteiger charge is -1.95. The van der Waals surface area contributed by atoms with Gasteiger partial charge in [0.15, 0.2) is 0 Å². The van der Waals surface area contributed by atoms with Gasteiger partial charge in [-0.3, -0.25) is 4.98 Å². The topological polar surface area (TPSA) is 52.1 Å². The van der Waals surface area contributed by atoms with Gasteiger partial charge in [0.2, 0.25) is 0 Å². The Morgan fingerprint density at radius 3 is 2.81 bits per heavy atom.